The predicted octanol–water partition coefficient (Wildman–Crippen LogP) is 4.31. The van der Waals surface area contributed by atoms with Crippen LogP contribution in [-0.4, -0.2) is 28.3 Å². The summed E-state index contributed by atoms with van der Waals surface area (Å²) in [7, 11) is 0. The van der Waals surface area contributed by atoms with E-state index in [4.69, 9.17) is 16.3 Å². The quantitative estimate of drug-likeness (QED) is 0.613. The molecule has 0 spiro atoms. The summed E-state index contributed by atoms with van der Waals surface area (Å²) >= 11 is 6.35. The van der Waals surface area contributed by atoms with Crippen molar-refractivity contribution in [2.24, 2.45) is 0 Å². The molecule has 150 valence electrons. The molecule has 0 aliphatic heterocycles. The van der Waals surface area contributed by atoms with Crippen LogP contribution in [0.1, 0.15) is 32.7 Å². The number of carbonyl (C=O) groups excluding carboxylic acids is 2. The third-order valence-electron chi connectivity index (χ3n) is 4.28. The number of anilines is 1. The van der Waals surface area contributed by atoms with Crippen LogP contribution in [0.25, 0.3) is 0 Å². The highest BCUT2D eigenvalue weighted by molar-refractivity contribution is 6.32. The molecule has 0 saturated heterocycles. The second-order valence-electron chi connectivity index (χ2n) is 6.90. The number of benzene rings is 2. The molecule has 1 aromatic heterocycles. The molecule has 29 heavy (non-hydrogen) atoms. The van der Waals surface area contributed by atoms with Gasteiger partial charge >= 0.3 is 5.97 Å². The fourth-order valence-electron chi connectivity index (χ4n) is 3.09. The Bertz CT molecular complexity index is 1020. The summed E-state index contributed by atoms with van der Waals surface area (Å²) in [5, 5.41) is 7.24. The second kappa shape index (κ2) is 8.92. The molecule has 0 unspecified atom stereocenters. The normalized spacial score (nSPS) is 10.6. The molecule has 0 bridgehead atoms. The molecule has 1 heterocycles. The Morgan fingerprint density at radius 1 is 1.07 bits per heavy atom. The smallest absolute Gasteiger partial charge is 0.343 e. The average molecular weight is 412 g/mol. The summed E-state index contributed by atoms with van der Waals surface area (Å²) in [6.07, 6.45) is 0. The van der Waals surface area contributed by atoms with Crippen LogP contribution in [0.5, 0.6) is 0 Å². The molecule has 0 aliphatic rings. The number of esters is 1. The van der Waals surface area contributed by atoms with E-state index in [0.29, 0.717) is 17.9 Å². The Morgan fingerprint density at radius 2 is 1.72 bits per heavy atom. The number of nitrogens with zero attached hydrogens (tertiary/aromatic N) is 2. The van der Waals surface area contributed by atoms with Gasteiger partial charge in [0.2, 0.25) is 0 Å². The maximum Gasteiger partial charge on any atom is 0.343 e. The van der Waals surface area contributed by atoms with E-state index in [-0.39, 0.29) is 10.7 Å². The lowest BCUT2D eigenvalue weighted by Crippen LogP contribution is -2.21. The minimum Gasteiger partial charge on any atom is -0.452 e. The first kappa shape index (κ1) is 20.6. The third kappa shape index (κ3) is 5.23. The summed E-state index contributed by atoms with van der Waals surface area (Å²) in [6, 6.07) is 15.4. The van der Waals surface area contributed by atoms with Gasteiger partial charge < -0.3 is 10.1 Å². The fraction of sp³-hybridized carbons (Fsp3) is 0.227. The number of rotatable bonds is 6. The van der Waals surface area contributed by atoms with Crippen LogP contribution < -0.4 is 5.32 Å². The molecule has 6 nitrogen and oxygen atoms in total. The number of ether oxygens (including phenoxy) is 1. The number of amides is 1. The van der Waals surface area contributed by atoms with Gasteiger partial charge in [-0.2, -0.15) is 5.10 Å². The SMILES string of the molecule is Cc1cc(C)cc(NC(=O)COC(=O)c2c(C)nn(Cc3ccccc3)c2Cl)c1. The number of hydrogen-bond acceptors (Lipinski definition) is 4. The van der Waals surface area contributed by atoms with Crippen LogP contribution in [0.3, 0.4) is 0 Å². The van der Waals surface area contributed by atoms with Gasteiger partial charge in [0.15, 0.2) is 6.61 Å². The molecular weight excluding hydrogens is 390 g/mol. The van der Waals surface area contributed by atoms with Crippen LogP contribution in [0.2, 0.25) is 5.15 Å². The number of hydrogen-bond donors (Lipinski definition) is 1. The molecule has 3 aromatic rings. The van der Waals surface area contributed by atoms with Gasteiger partial charge in [-0.15, -0.1) is 0 Å². The van der Waals surface area contributed by atoms with Gasteiger partial charge in [0.1, 0.15) is 10.7 Å². The van der Waals surface area contributed by atoms with Crippen molar-refractivity contribution in [1.29, 1.82) is 0 Å². The van der Waals surface area contributed by atoms with Crippen LogP contribution in [0, 0.1) is 20.8 Å². The van der Waals surface area contributed by atoms with E-state index in [1.54, 1.807) is 11.6 Å². The number of nitrogens with one attached hydrogen (secondary N) is 1. The Kier molecular flexibility index (Phi) is 6.34. The van der Waals surface area contributed by atoms with Crippen molar-refractivity contribution >= 4 is 29.2 Å². The summed E-state index contributed by atoms with van der Waals surface area (Å²) in [4.78, 5) is 24.6. The van der Waals surface area contributed by atoms with Crippen molar-refractivity contribution < 1.29 is 14.3 Å². The average Bonchev–Trinajstić information content (AvgIpc) is 2.93. The van der Waals surface area contributed by atoms with E-state index in [9.17, 15) is 9.59 Å². The van der Waals surface area contributed by atoms with Crippen molar-refractivity contribution in [3.63, 3.8) is 0 Å². The molecular formula is C22H22ClN3O3. The monoisotopic (exact) mass is 411 g/mol. The number of halogens is 1. The number of aryl methyl sites for hydroxylation is 3. The van der Waals surface area contributed by atoms with Crippen molar-refractivity contribution in [3.05, 3.63) is 81.6 Å². The van der Waals surface area contributed by atoms with Crippen molar-refractivity contribution in [2.75, 3.05) is 11.9 Å². The summed E-state index contributed by atoms with van der Waals surface area (Å²) in [5.41, 5.74) is 4.35. The number of carbonyl (C=O) groups is 2. The van der Waals surface area contributed by atoms with E-state index >= 15 is 0 Å². The first-order valence-corrected chi connectivity index (χ1v) is 9.53. The van der Waals surface area contributed by atoms with Crippen LogP contribution in [0.15, 0.2) is 48.5 Å². The minimum atomic E-state index is -0.678. The van der Waals surface area contributed by atoms with Gasteiger partial charge in [0.05, 0.1) is 12.2 Å². The standard InChI is InChI=1S/C22H22ClN3O3/c1-14-9-15(2)11-18(10-14)24-19(27)13-29-22(28)20-16(3)25-26(21(20)23)12-17-7-5-4-6-8-17/h4-11H,12-13H2,1-3H3,(H,24,27). The van der Waals surface area contributed by atoms with E-state index in [2.05, 4.69) is 10.4 Å². The van der Waals surface area contributed by atoms with Crippen molar-refractivity contribution in [1.82, 2.24) is 9.78 Å². The van der Waals surface area contributed by atoms with E-state index in [0.717, 1.165) is 16.7 Å². The second-order valence-corrected chi connectivity index (χ2v) is 7.25. The third-order valence-corrected chi connectivity index (χ3v) is 4.67. The van der Waals surface area contributed by atoms with Crippen LogP contribution in [-0.2, 0) is 16.1 Å². The molecule has 2 aromatic carbocycles. The molecule has 0 radical (unpaired) electrons. The zero-order valence-corrected chi connectivity index (χ0v) is 17.3. The Hall–Kier alpha value is -3.12. The van der Waals surface area contributed by atoms with Gasteiger partial charge in [0.25, 0.3) is 5.91 Å². The van der Waals surface area contributed by atoms with Crippen LogP contribution >= 0.6 is 11.6 Å². The largest absolute Gasteiger partial charge is 0.452 e. The lowest BCUT2D eigenvalue weighted by molar-refractivity contribution is -0.119. The van der Waals surface area contributed by atoms with Gasteiger partial charge in [-0.1, -0.05) is 48.0 Å². The summed E-state index contributed by atoms with van der Waals surface area (Å²) in [6.45, 7) is 5.59. The van der Waals surface area contributed by atoms with Gasteiger partial charge in [0, 0.05) is 5.69 Å². The first-order chi connectivity index (χ1) is 13.8. The molecule has 1 amide bonds. The zero-order valence-electron chi connectivity index (χ0n) is 16.5. The van der Waals surface area contributed by atoms with Gasteiger partial charge in [-0.25, -0.2) is 9.48 Å². The highest BCUT2D eigenvalue weighted by Gasteiger charge is 2.22. The summed E-state index contributed by atoms with van der Waals surface area (Å²) in [5.74, 6) is -1.10. The maximum atomic E-state index is 12.5. The highest BCUT2D eigenvalue weighted by atomic mass is 35.5. The van der Waals surface area contributed by atoms with E-state index in [1.165, 1.54) is 0 Å². The van der Waals surface area contributed by atoms with Gasteiger partial charge in [-0.3, -0.25) is 4.79 Å². The van der Waals surface area contributed by atoms with Crippen LogP contribution in [0.4, 0.5) is 5.69 Å². The molecule has 0 saturated carbocycles. The molecule has 7 heteroatoms. The summed E-state index contributed by atoms with van der Waals surface area (Å²) < 4.78 is 6.70. The Morgan fingerprint density at radius 3 is 2.38 bits per heavy atom. The lowest BCUT2D eigenvalue weighted by Gasteiger charge is -2.08. The van der Waals surface area contributed by atoms with Crippen molar-refractivity contribution in [3.8, 4) is 0 Å². The first-order valence-electron chi connectivity index (χ1n) is 9.15. The molecule has 0 atom stereocenters. The van der Waals surface area contributed by atoms with E-state index < -0.39 is 18.5 Å². The molecule has 3 rings (SSSR count). The van der Waals surface area contributed by atoms with Crippen molar-refractivity contribution in [2.45, 2.75) is 27.3 Å². The topological polar surface area (TPSA) is 73.2 Å². The maximum absolute atomic E-state index is 12.5. The lowest BCUT2D eigenvalue weighted by atomic mass is 10.1. The predicted molar refractivity (Wildman–Crippen MR) is 112 cm³/mol. The van der Waals surface area contributed by atoms with E-state index in [1.807, 2.05) is 62.4 Å². The highest BCUT2D eigenvalue weighted by Crippen LogP contribution is 2.22. The minimum absolute atomic E-state index is 0.168. The zero-order chi connectivity index (χ0) is 21.0. The molecule has 0 aliphatic carbocycles. The molecule has 1 N–H and O–H groups in total. The Labute approximate surface area is 174 Å². The number of aromatic nitrogens is 2. The fourth-order valence-corrected chi connectivity index (χ4v) is 3.40. The molecule has 0 fully saturated rings. The Balaban J connectivity index is 1.64. The van der Waals surface area contributed by atoms with Gasteiger partial charge in [-0.05, 0) is 49.6 Å².